The van der Waals surface area contributed by atoms with E-state index in [0.717, 1.165) is 35.3 Å². The Kier molecular flexibility index (Phi) is 5.46. The fourth-order valence-electron chi connectivity index (χ4n) is 3.45. The Balaban J connectivity index is 1.67. The zero-order chi connectivity index (χ0) is 19.4. The number of aryl methyl sites for hydroxylation is 2. The van der Waals surface area contributed by atoms with Gasteiger partial charge < -0.3 is 20.5 Å². The van der Waals surface area contributed by atoms with Crippen LogP contribution in [0.5, 0.6) is 5.75 Å². The van der Waals surface area contributed by atoms with Crippen molar-refractivity contribution in [3.05, 3.63) is 59.2 Å². The summed E-state index contributed by atoms with van der Waals surface area (Å²) in [6, 6.07) is 12.8. The Bertz CT molecular complexity index is 865. The first-order valence-electron chi connectivity index (χ1n) is 8.97. The number of amides is 2. The minimum Gasteiger partial charge on any atom is -0.497 e. The molecule has 0 heterocycles. The van der Waals surface area contributed by atoms with E-state index in [9.17, 15) is 14.7 Å². The predicted molar refractivity (Wildman–Crippen MR) is 103 cm³/mol. The van der Waals surface area contributed by atoms with Crippen molar-refractivity contribution >= 4 is 17.5 Å². The molecule has 2 aromatic rings. The maximum Gasteiger partial charge on any atom is 0.313 e. The number of nitrogens with one attached hydrogen (secondary N) is 2. The molecule has 2 amide bonds. The van der Waals surface area contributed by atoms with Gasteiger partial charge in [0, 0.05) is 5.69 Å². The van der Waals surface area contributed by atoms with Crippen molar-refractivity contribution in [3.63, 3.8) is 0 Å². The third-order valence-corrected chi connectivity index (χ3v) is 4.99. The summed E-state index contributed by atoms with van der Waals surface area (Å²) < 4.78 is 5.24. The second-order valence-corrected chi connectivity index (χ2v) is 6.86. The smallest absolute Gasteiger partial charge is 0.313 e. The average Bonchev–Trinajstić information content (AvgIpc) is 2.67. The second kappa shape index (κ2) is 7.80. The molecule has 2 aromatic carbocycles. The highest BCUT2D eigenvalue weighted by atomic mass is 16.5. The van der Waals surface area contributed by atoms with Gasteiger partial charge in [0.1, 0.15) is 11.4 Å². The van der Waals surface area contributed by atoms with Crippen molar-refractivity contribution in [1.82, 2.24) is 5.32 Å². The van der Waals surface area contributed by atoms with Gasteiger partial charge in [-0.1, -0.05) is 24.3 Å². The molecule has 0 saturated carbocycles. The fraction of sp³-hybridized carbons (Fsp3) is 0.333. The van der Waals surface area contributed by atoms with Gasteiger partial charge in [0.15, 0.2) is 0 Å². The molecule has 1 aliphatic carbocycles. The Morgan fingerprint density at radius 3 is 2.70 bits per heavy atom. The van der Waals surface area contributed by atoms with Crippen molar-refractivity contribution < 1.29 is 19.4 Å². The van der Waals surface area contributed by atoms with E-state index in [1.54, 1.807) is 25.3 Å². The molecule has 0 spiro atoms. The molecule has 1 atom stereocenters. The maximum absolute atomic E-state index is 12.2. The zero-order valence-corrected chi connectivity index (χ0v) is 15.5. The van der Waals surface area contributed by atoms with Crippen LogP contribution in [-0.2, 0) is 21.6 Å². The minimum atomic E-state index is -1.20. The Morgan fingerprint density at radius 2 is 1.96 bits per heavy atom. The SMILES string of the molecule is COc1ccc2c(c1)CCCC2(O)CNC(=O)C(=O)Nc1ccccc1C. The van der Waals surface area contributed by atoms with E-state index in [0.29, 0.717) is 12.1 Å². The first-order chi connectivity index (χ1) is 12.9. The largest absolute Gasteiger partial charge is 0.497 e. The van der Waals surface area contributed by atoms with Gasteiger partial charge in [-0.25, -0.2) is 0 Å². The van der Waals surface area contributed by atoms with Gasteiger partial charge >= 0.3 is 11.8 Å². The van der Waals surface area contributed by atoms with Gasteiger partial charge in [-0.3, -0.25) is 9.59 Å². The summed E-state index contributed by atoms with van der Waals surface area (Å²) in [6.07, 6.45) is 2.16. The molecule has 0 bridgehead atoms. The number of rotatable bonds is 4. The van der Waals surface area contributed by atoms with Gasteiger partial charge in [-0.05, 0) is 61.1 Å². The summed E-state index contributed by atoms with van der Waals surface area (Å²) in [7, 11) is 1.60. The van der Waals surface area contributed by atoms with Crippen LogP contribution in [0.3, 0.4) is 0 Å². The zero-order valence-electron chi connectivity index (χ0n) is 15.5. The van der Waals surface area contributed by atoms with Crippen molar-refractivity contribution in [2.75, 3.05) is 19.0 Å². The summed E-state index contributed by atoms with van der Waals surface area (Å²) >= 11 is 0. The molecular weight excluding hydrogens is 344 g/mol. The third kappa shape index (κ3) is 4.11. The van der Waals surface area contributed by atoms with E-state index in [-0.39, 0.29) is 6.54 Å². The monoisotopic (exact) mass is 368 g/mol. The highest BCUT2D eigenvalue weighted by Crippen LogP contribution is 2.36. The molecule has 6 nitrogen and oxygen atoms in total. The first kappa shape index (κ1) is 18.9. The van der Waals surface area contributed by atoms with Crippen molar-refractivity contribution in [2.45, 2.75) is 31.8 Å². The van der Waals surface area contributed by atoms with Gasteiger partial charge in [0.2, 0.25) is 0 Å². The lowest BCUT2D eigenvalue weighted by Crippen LogP contribution is -2.46. The number of anilines is 1. The van der Waals surface area contributed by atoms with Crippen LogP contribution < -0.4 is 15.4 Å². The van der Waals surface area contributed by atoms with Crippen molar-refractivity contribution in [2.24, 2.45) is 0 Å². The molecular formula is C21H24N2O4. The lowest BCUT2D eigenvalue weighted by Gasteiger charge is -2.34. The van der Waals surface area contributed by atoms with Crippen LogP contribution in [-0.4, -0.2) is 30.6 Å². The second-order valence-electron chi connectivity index (χ2n) is 6.86. The molecule has 27 heavy (non-hydrogen) atoms. The van der Waals surface area contributed by atoms with Gasteiger partial charge in [0.05, 0.1) is 13.7 Å². The molecule has 1 unspecified atom stereocenters. The number of hydrogen-bond donors (Lipinski definition) is 3. The normalized spacial score (nSPS) is 18.3. The fourth-order valence-corrected chi connectivity index (χ4v) is 3.45. The Hall–Kier alpha value is -2.86. The first-order valence-corrected chi connectivity index (χ1v) is 8.97. The molecule has 6 heteroatoms. The number of ether oxygens (including phenoxy) is 1. The summed E-state index contributed by atoms with van der Waals surface area (Å²) in [6.45, 7) is 1.83. The van der Waals surface area contributed by atoms with Crippen LogP contribution in [0.15, 0.2) is 42.5 Å². The summed E-state index contributed by atoms with van der Waals surface area (Å²) in [4.78, 5) is 24.4. The number of carbonyl (C=O) groups is 2. The molecule has 0 saturated heterocycles. The molecule has 0 fully saturated rings. The maximum atomic E-state index is 12.2. The molecule has 0 aromatic heterocycles. The standard InChI is InChI=1S/C21H24N2O4/c1-14-6-3-4-8-18(14)23-20(25)19(24)22-13-21(26)11-5-7-15-12-16(27-2)9-10-17(15)21/h3-4,6,8-10,12,26H,5,7,11,13H2,1-2H3,(H,22,24)(H,23,25). The van der Waals surface area contributed by atoms with E-state index in [1.165, 1.54) is 0 Å². The minimum absolute atomic E-state index is 0.0215. The van der Waals surface area contributed by atoms with Gasteiger partial charge in [0.25, 0.3) is 0 Å². The Morgan fingerprint density at radius 1 is 1.19 bits per heavy atom. The molecule has 3 rings (SSSR count). The predicted octanol–water partition coefficient (Wildman–Crippen LogP) is 2.28. The van der Waals surface area contributed by atoms with E-state index >= 15 is 0 Å². The summed E-state index contributed by atoms with van der Waals surface area (Å²) in [5.41, 5.74) is 2.04. The topological polar surface area (TPSA) is 87.7 Å². The molecule has 0 aliphatic heterocycles. The van der Waals surface area contributed by atoms with Crippen LogP contribution in [0, 0.1) is 6.92 Å². The Labute approximate surface area is 158 Å². The van der Waals surface area contributed by atoms with Crippen LogP contribution in [0.25, 0.3) is 0 Å². The van der Waals surface area contributed by atoms with E-state index in [2.05, 4.69) is 10.6 Å². The van der Waals surface area contributed by atoms with Crippen LogP contribution in [0.2, 0.25) is 0 Å². The summed E-state index contributed by atoms with van der Waals surface area (Å²) in [5.74, 6) is -0.786. The number of methoxy groups -OCH3 is 1. The lowest BCUT2D eigenvalue weighted by atomic mass is 9.79. The van der Waals surface area contributed by atoms with Gasteiger partial charge in [-0.15, -0.1) is 0 Å². The highest BCUT2D eigenvalue weighted by Gasteiger charge is 2.35. The number of fused-ring (bicyclic) bond motifs is 1. The lowest BCUT2D eigenvalue weighted by molar-refractivity contribution is -0.137. The van der Waals surface area contributed by atoms with Crippen molar-refractivity contribution in [1.29, 1.82) is 0 Å². The molecule has 1 aliphatic rings. The number of aliphatic hydroxyl groups is 1. The van der Waals surface area contributed by atoms with Crippen LogP contribution in [0.4, 0.5) is 5.69 Å². The molecule has 3 N–H and O–H groups in total. The number of hydrogen-bond acceptors (Lipinski definition) is 4. The van der Waals surface area contributed by atoms with Gasteiger partial charge in [-0.2, -0.15) is 0 Å². The van der Waals surface area contributed by atoms with Crippen molar-refractivity contribution in [3.8, 4) is 5.75 Å². The third-order valence-electron chi connectivity index (χ3n) is 4.99. The number of benzene rings is 2. The molecule has 142 valence electrons. The quantitative estimate of drug-likeness (QED) is 0.723. The van der Waals surface area contributed by atoms with E-state index in [4.69, 9.17) is 4.74 Å². The van der Waals surface area contributed by atoms with Crippen LogP contribution >= 0.6 is 0 Å². The molecule has 0 radical (unpaired) electrons. The van der Waals surface area contributed by atoms with E-state index < -0.39 is 17.4 Å². The van der Waals surface area contributed by atoms with E-state index in [1.807, 2.05) is 31.2 Å². The highest BCUT2D eigenvalue weighted by molar-refractivity contribution is 6.39. The average molecular weight is 368 g/mol. The number of carbonyl (C=O) groups excluding carboxylic acids is 2. The summed E-state index contributed by atoms with van der Waals surface area (Å²) in [5, 5.41) is 16.2. The number of para-hydroxylation sites is 1. The van der Waals surface area contributed by atoms with Crippen LogP contribution in [0.1, 0.15) is 29.5 Å².